The molecule has 4 rings (SSSR count). The number of amides is 1. The number of nitrogens with two attached hydrogens (primary N) is 1. The summed E-state index contributed by atoms with van der Waals surface area (Å²) in [5.74, 6) is -0.409. The van der Waals surface area contributed by atoms with E-state index < -0.39 is 11.2 Å². The van der Waals surface area contributed by atoms with Crippen molar-refractivity contribution < 1.29 is 9.53 Å². The molecule has 35 heavy (non-hydrogen) atoms. The summed E-state index contributed by atoms with van der Waals surface area (Å²) in [5.41, 5.74) is 7.47. The quantitative estimate of drug-likeness (QED) is 0.387. The van der Waals surface area contributed by atoms with Gasteiger partial charge in [0, 0.05) is 31.7 Å². The van der Waals surface area contributed by atoms with Crippen LogP contribution in [0, 0.1) is 0 Å². The number of ether oxygens (including phenoxy) is 1. The lowest BCUT2D eigenvalue weighted by Crippen LogP contribution is -2.43. The summed E-state index contributed by atoms with van der Waals surface area (Å²) < 4.78 is 8.38. The number of methoxy groups -OCH3 is 1. The standard InChI is InChI=1S/C26H27N5O4/c1-35-16-15-30(22(32)17-19-9-11-21(12-10-19)29-13-5-6-14-29)23-24(27)31(26(34)28-25(23)33)18-20-7-3-2-4-8-20/h2-14H,15-18,27H2,1H3,(H,28,33,34). The first kappa shape index (κ1) is 23.8. The van der Waals surface area contributed by atoms with E-state index in [0.717, 1.165) is 16.8 Å². The lowest BCUT2D eigenvalue weighted by Gasteiger charge is -2.24. The van der Waals surface area contributed by atoms with Crippen LogP contribution in [-0.2, 0) is 22.5 Å². The molecule has 2 heterocycles. The number of aromatic nitrogens is 3. The van der Waals surface area contributed by atoms with E-state index in [2.05, 4.69) is 4.98 Å². The number of carbonyl (C=O) groups excluding carboxylic acids is 1. The molecule has 3 N–H and O–H groups in total. The molecule has 2 aromatic heterocycles. The summed E-state index contributed by atoms with van der Waals surface area (Å²) in [6, 6.07) is 20.7. The van der Waals surface area contributed by atoms with Crippen molar-refractivity contribution >= 4 is 17.4 Å². The van der Waals surface area contributed by atoms with Crippen molar-refractivity contribution in [3.63, 3.8) is 0 Å². The normalized spacial score (nSPS) is 10.9. The van der Waals surface area contributed by atoms with Crippen LogP contribution in [0.3, 0.4) is 0 Å². The van der Waals surface area contributed by atoms with Gasteiger partial charge in [-0.3, -0.25) is 19.1 Å². The molecule has 9 heteroatoms. The Kier molecular flexibility index (Phi) is 7.27. The Morgan fingerprint density at radius 1 is 0.971 bits per heavy atom. The number of hydrogen-bond donors (Lipinski definition) is 2. The van der Waals surface area contributed by atoms with Crippen molar-refractivity contribution in [1.82, 2.24) is 14.1 Å². The van der Waals surface area contributed by atoms with Crippen molar-refractivity contribution in [2.24, 2.45) is 0 Å². The number of nitrogens with one attached hydrogen (secondary N) is 1. The van der Waals surface area contributed by atoms with E-state index in [1.807, 2.05) is 83.7 Å². The van der Waals surface area contributed by atoms with Crippen molar-refractivity contribution in [1.29, 1.82) is 0 Å². The minimum atomic E-state index is -0.718. The third-order valence-corrected chi connectivity index (χ3v) is 5.68. The lowest BCUT2D eigenvalue weighted by atomic mass is 10.1. The maximum absolute atomic E-state index is 13.4. The minimum absolute atomic E-state index is 0.0480. The molecule has 0 unspecified atom stereocenters. The highest BCUT2D eigenvalue weighted by molar-refractivity contribution is 5.96. The zero-order valence-corrected chi connectivity index (χ0v) is 19.4. The average Bonchev–Trinajstić information content (AvgIpc) is 3.40. The van der Waals surface area contributed by atoms with Crippen LogP contribution in [0.4, 0.5) is 11.5 Å². The Morgan fingerprint density at radius 3 is 2.31 bits per heavy atom. The smallest absolute Gasteiger partial charge is 0.330 e. The maximum Gasteiger partial charge on any atom is 0.330 e. The molecule has 0 atom stereocenters. The molecule has 1 amide bonds. The van der Waals surface area contributed by atoms with Gasteiger partial charge in [0.1, 0.15) is 5.82 Å². The molecule has 0 radical (unpaired) electrons. The van der Waals surface area contributed by atoms with Gasteiger partial charge in [-0.25, -0.2) is 4.79 Å². The van der Waals surface area contributed by atoms with Crippen LogP contribution in [0.5, 0.6) is 0 Å². The van der Waals surface area contributed by atoms with Crippen molar-refractivity contribution in [3.05, 3.63) is 111 Å². The number of H-pyrrole nitrogens is 1. The molecular weight excluding hydrogens is 446 g/mol. The van der Waals surface area contributed by atoms with Crippen molar-refractivity contribution in [2.45, 2.75) is 13.0 Å². The van der Waals surface area contributed by atoms with Crippen LogP contribution in [-0.4, -0.2) is 40.3 Å². The third kappa shape index (κ3) is 5.42. The van der Waals surface area contributed by atoms with Crippen LogP contribution in [0.2, 0.25) is 0 Å². The molecule has 0 aliphatic rings. The van der Waals surface area contributed by atoms with Crippen LogP contribution >= 0.6 is 0 Å². The summed E-state index contributed by atoms with van der Waals surface area (Å²) in [4.78, 5) is 42.3. The molecule has 0 saturated heterocycles. The Morgan fingerprint density at radius 2 is 1.66 bits per heavy atom. The molecule has 2 aromatic carbocycles. The van der Waals surface area contributed by atoms with Gasteiger partial charge in [0.25, 0.3) is 5.56 Å². The summed E-state index contributed by atoms with van der Waals surface area (Å²) in [6.45, 7) is 0.449. The second-order valence-corrected chi connectivity index (χ2v) is 8.04. The number of aromatic amines is 1. The van der Waals surface area contributed by atoms with E-state index in [1.54, 1.807) is 0 Å². The largest absolute Gasteiger partial charge is 0.383 e. The van der Waals surface area contributed by atoms with Gasteiger partial charge in [-0.05, 0) is 35.4 Å². The molecule has 0 aliphatic carbocycles. The zero-order chi connectivity index (χ0) is 24.8. The molecule has 9 nitrogen and oxygen atoms in total. The van der Waals surface area contributed by atoms with E-state index in [4.69, 9.17) is 10.5 Å². The maximum atomic E-state index is 13.4. The average molecular weight is 474 g/mol. The van der Waals surface area contributed by atoms with Gasteiger partial charge in [0.15, 0.2) is 5.69 Å². The first-order valence-electron chi connectivity index (χ1n) is 11.2. The molecule has 0 bridgehead atoms. The van der Waals surface area contributed by atoms with Gasteiger partial charge in [0.2, 0.25) is 5.91 Å². The minimum Gasteiger partial charge on any atom is -0.383 e. The highest BCUT2D eigenvalue weighted by atomic mass is 16.5. The van der Waals surface area contributed by atoms with Gasteiger partial charge >= 0.3 is 5.69 Å². The van der Waals surface area contributed by atoms with Crippen LogP contribution in [0.1, 0.15) is 11.1 Å². The van der Waals surface area contributed by atoms with E-state index >= 15 is 0 Å². The van der Waals surface area contributed by atoms with Crippen molar-refractivity contribution in [3.8, 4) is 5.69 Å². The number of carbonyl (C=O) groups is 1. The lowest BCUT2D eigenvalue weighted by molar-refractivity contribution is -0.118. The Labute approximate surface area is 202 Å². The second-order valence-electron chi connectivity index (χ2n) is 8.04. The molecule has 0 saturated carbocycles. The Bertz CT molecular complexity index is 1390. The number of rotatable bonds is 9. The number of hydrogen-bond acceptors (Lipinski definition) is 5. The second kappa shape index (κ2) is 10.7. The third-order valence-electron chi connectivity index (χ3n) is 5.68. The summed E-state index contributed by atoms with van der Waals surface area (Å²) >= 11 is 0. The fourth-order valence-electron chi connectivity index (χ4n) is 3.87. The number of benzene rings is 2. The monoisotopic (exact) mass is 473 g/mol. The predicted molar refractivity (Wildman–Crippen MR) is 135 cm³/mol. The van der Waals surface area contributed by atoms with Crippen LogP contribution in [0.25, 0.3) is 5.69 Å². The Balaban J connectivity index is 1.64. The summed E-state index contributed by atoms with van der Waals surface area (Å²) in [7, 11) is 1.51. The van der Waals surface area contributed by atoms with Gasteiger partial charge < -0.3 is 19.9 Å². The molecule has 0 fully saturated rings. The van der Waals surface area contributed by atoms with Gasteiger partial charge in [-0.1, -0.05) is 42.5 Å². The number of nitrogens with zero attached hydrogens (tertiary/aromatic N) is 3. The molecular formula is C26H27N5O4. The van der Waals surface area contributed by atoms with Gasteiger partial charge in [-0.15, -0.1) is 0 Å². The topological polar surface area (TPSA) is 115 Å². The van der Waals surface area contributed by atoms with E-state index in [1.165, 1.54) is 16.6 Å². The zero-order valence-electron chi connectivity index (χ0n) is 19.4. The highest BCUT2D eigenvalue weighted by Crippen LogP contribution is 2.20. The van der Waals surface area contributed by atoms with E-state index in [9.17, 15) is 14.4 Å². The Hall–Kier alpha value is -4.37. The fraction of sp³-hybridized carbons (Fsp3) is 0.192. The van der Waals surface area contributed by atoms with Crippen molar-refractivity contribution in [2.75, 3.05) is 30.9 Å². The predicted octanol–water partition coefficient (Wildman–Crippen LogP) is 2.18. The van der Waals surface area contributed by atoms with Gasteiger partial charge in [0.05, 0.1) is 19.6 Å². The molecule has 4 aromatic rings. The highest BCUT2D eigenvalue weighted by Gasteiger charge is 2.24. The van der Waals surface area contributed by atoms with Crippen LogP contribution in [0.15, 0.2) is 88.7 Å². The van der Waals surface area contributed by atoms with Crippen LogP contribution < -0.4 is 21.9 Å². The molecule has 0 spiro atoms. The number of nitrogen functional groups attached to an aromatic ring is 1. The first-order valence-corrected chi connectivity index (χ1v) is 11.2. The summed E-state index contributed by atoms with van der Waals surface area (Å²) in [6.07, 6.45) is 3.92. The first-order chi connectivity index (χ1) is 17.0. The van der Waals surface area contributed by atoms with E-state index in [-0.39, 0.29) is 43.5 Å². The fourth-order valence-corrected chi connectivity index (χ4v) is 3.87. The summed E-state index contributed by atoms with van der Waals surface area (Å²) in [5, 5.41) is 0. The van der Waals surface area contributed by atoms with Gasteiger partial charge in [-0.2, -0.15) is 0 Å². The van der Waals surface area contributed by atoms with E-state index in [0.29, 0.717) is 0 Å². The molecule has 0 aliphatic heterocycles. The SMILES string of the molecule is COCCN(C(=O)Cc1ccc(-n2cccc2)cc1)c1c(N)n(Cc2ccccc2)c(=O)[nH]c1=O. The molecule has 180 valence electrons. The number of anilines is 2.